The molecule has 0 aliphatic carbocycles. The van der Waals surface area contributed by atoms with Crippen molar-refractivity contribution in [2.45, 2.75) is 0 Å². The highest BCUT2D eigenvalue weighted by molar-refractivity contribution is 9.75. The second-order valence-electron chi connectivity index (χ2n) is 3.20. The van der Waals surface area contributed by atoms with Crippen LogP contribution in [0.4, 0.5) is 0 Å². The van der Waals surface area contributed by atoms with E-state index in [-0.39, 0.29) is 12.6 Å². The first kappa shape index (κ1) is 12.7. The summed E-state index contributed by atoms with van der Waals surface area (Å²) in [6.45, 7) is 0. The van der Waals surface area contributed by atoms with Crippen molar-refractivity contribution in [3.8, 4) is 0 Å². The van der Waals surface area contributed by atoms with Crippen molar-refractivity contribution in [2.75, 3.05) is 0 Å². The van der Waals surface area contributed by atoms with Gasteiger partial charge in [-0.2, -0.15) is 0 Å². The van der Waals surface area contributed by atoms with E-state index in [4.69, 9.17) is 0 Å². The number of hydrogen-bond acceptors (Lipinski definition) is 0. The predicted molar refractivity (Wildman–Crippen MR) is 83.8 cm³/mol. The Morgan fingerprint density at radius 2 is 1.00 bits per heavy atom. The molecule has 16 heavy (non-hydrogen) atoms. The predicted octanol–water partition coefficient (Wildman–Crippen LogP) is 5.14. The van der Waals surface area contributed by atoms with Crippen molar-refractivity contribution < 1.29 is 0 Å². The van der Waals surface area contributed by atoms with Gasteiger partial charge in [0.15, 0.2) is 0 Å². The Morgan fingerprint density at radius 1 is 0.625 bits per heavy atom. The van der Waals surface area contributed by atoms with Gasteiger partial charge in [0.25, 0.3) is 0 Å². The maximum absolute atomic E-state index is 3.72. The summed E-state index contributed by atoms with van der Waals surface area (Å²) in [5, 5.41) is 2.49. The van der Waals surface area contributed by atoms with Gasteiger partial charge in [-0.3, -0.25) is 0 Å². The number of benzene rings is 2. The molecule has 0 aliphatic rings. The Kier molecular flexibility index (Phi) is 4.97. The SMILES string of the molecule is BrP(Br)P(c1ccccc1)c1ccccc1. The molecule has 2 aromatic rings. The van der Waals surface area contributed by atoms with Crippen molar-refractivity contribution in [1.29, 1.82) is 0 Å². The van der Waals surface area contributed by atoms with Gasteiger partial charge in [0.1, 0.15) is 0 Å². The molecule has 0 saturated heterocycles. The molecule has 0 radical (unpaired) electrons. The molecule has 0 nitrogen and oxygen atoms in total. The molecule has 0 amide bonds. The fraction of sp³-hybridized carbons (Fsp3) is 0. The topological polar surface area (TPSA) is 0 Å². The molecule has 0 atom stereocenters. The summed E-state index contributed by atoms with van der Waals surface area (Å²) in [5.41, 5.74) is 0. The number of rotatable bonds is 3. The van der Waals surface area contributed by atoms with Crippen LogP contribution in [-0.4, -0.2) is 0 Å². The second kappa shape index (κ2) is 6.26. The number of halogens is 2. The van der Waals surface area contributed by atoms with Crippen LogP contribution in [-0.2, 0) is 0 Å². The molecule has 0 fully saturated rings. The first-order chi connectivity index (χ1) is 7.79. The maximum atomic E-state index is 3.72. The zero-order chi connectivity index (χ0) is 11.4. The van der Waals surface area contributed by atoms with E-state index in [0.717, 1.165) is 0 Å². The van der Waals surface area contributed by atoms with E-state index >= 15 is 0 Å². The maximum Gasteiger partial charge on any atom is 0.0677 e. The third-order valence-corrected chi connectivity index (χ3v) is 12.0. The minimum absolute atomic E-state index is 0.312. The van der Waals surface area contributed by atoms with E-state index in [1.807, 2.05) is 0 Å². The van der Waals surface area contributed by atoms with Gasteiger partial charge in [-0.05, 0) is 41.6 Å². The third kappa shape index (κ3) is 3.14. The zero-order valence-electron chi connectivity index (χ0n) is 8.42. The highest BCUT2D eigenvalue weighted by Crippen LogP contribution is 2.77. The Morgan fingerprint density at radius 3 is 1.31 bits per heavy atom. The zero-order valence-corrected chi connectivity index (χ0v) is 13.4. The lowest BCUT2D eigenvalue weighted by Crippen LogP contribution is -2.07. The van der Waals surface area contributed by atoms with Crippen molar-refractivity contribution in [3.05, 3.63) is 60.7 Å². The lowest BCUT2D eigenvalue weighted by molar-refractivity contribution is 1.76. The van der Waals surface area contributed by atoms with Gasteiger partial charge in [-0.25, -0.2) is 0 Å². The summed E-state index contributed by atoms with van der Waals surface area (Å²) in [7, 11) is -0.312. The molecule has 0 aromatic heterocycles. The lowest BCUT2D eigenvalue weighted by Gasteiger charge is -2.19. The Hall–Kier alpha value is 0.260. The minimum Gasteiger partial charge on any atom is -0.0622 e. The molecule has 0 heterocycles. The fourth-order valence-electron chi connectivity index (χ4n) is 1.46. The van der Waals surface area contributed by atoms with Gasteiger partial charge in [0, 0.05) is 7.61 Å². The van der Waals surface area contributed by atoms with Crippen molar-refractivity contribution >= 4 is 54.2 Å². The third-order valence-electron chi connectivity index (χ3n) is 2.15. The Labute approximate surface area is 114 Å². The summed E-state index contributed by atoms with van der Waals surface area (Å²) >= 11 is 7.45. The standard InChI is InChI=1S/C12H10Br2P2/c13-16(14)15(11-7-3-1-4-8-11)12-9-5-2-6-10-12/h1-10H. The average Bonchev–Trinajstić information content (AvgIpc) is 2.31. The quantitative estimate of drug-likeness (QED) is 0.652. The summed E-state index contributed by atoms with van der Waals surface area (Å²) in [6.07, 6.45) is 0. The summed E-state index contributed by atoms with van der Waals surface area (Å²) in [5.74, 6) is 0. The molecule has 0 saturated carbocycles. The van der Waals surface area contributed by atoms with Gasteiger partial charge in [-0.1, -0.05) is 60.7 Å². The molecular formula is C12H10Br2P2. The smallest absolute Gasteiger partial charge is 0.0622 e. The second-order valence-corrected chi connectivity index (χ2v) is 18.1. The minimum atomic E-state index is -0.327. The van der Waals surface area contributed by atoms with Crippen LogP contribution in [0.15, 0.2) is 60.7 Å². The molecule has 4 heteroatoms. The average molecular weight is 376 g/mol. The fourth-order valence-corrected chi connectivity index (χ4v) is 11.5. The van der Waals surface area contributed by atoms with Crippen LogP contribution in [0.3, 0.4) is 0 Å². The molecule has 0 aliphatic heterocycles. The molecule has 0 spiro atoms. The van der Waals surface area contributed by atoms with Crippen molar-refractivity contribution in [3.63, 3.8) is 0 Å². The van der Waals surface area contributed by atoms with Crippen LogP contribution in [0.1, 0.15) is 0 Å². The number of hydrogen-bond donors (Lipinski definition) is 0. The molecule has 0 bridgehead atoms. The van der Waals surface area contributed by atoms with E-state index in [2.05, 4.69) is 91.6 Å². The van der Waals surface area contributed by atoms with Gasteiger partial charge >= 0.3 is 0 Å². The molecule has 0 unspecified atom stereocenters. The van der Waals surface area contributed by atoms with Gasteiger partial charge in [0.2, 0.25) is 0 Å². The van der Waals surface area contributed by atoms with Crippen LogP contribution in [0.25, 0.3) is 0 Å². The van der Waals surface area contributed by atoms with E-state index in [1.165, 1.54) is 10.6 Å². The van der Waals surface area contributed by atoms with E-state index in [0.29, 0.717) is 0 Å². The Balaban J connectivity index is 2.40. The first-order valence-corrected chi connectivity index (χ1v) is 12.2. The van der Waals surface area contributed by atoms with Crippen LogP contribution >= 0.6 is 43.6 Å². The van der Waals surface area contributed by atoms with Crippen LogP contribution in [0.5, 0.6) is 0 Å². The largest absolute Gasteiger partial charge is 0.0677 e. The van der Waals surface area contributed by atoms with Gasteiger partial charge in [0.05, 0.1) is 5.02 Å². The lowest BCUT2D eigenvalue weighted by atomic mass is 10.4. The van der Waals surface area contributed by atoms with Crippen LogP contribution < -0.4 is 10.6 Å². The van der Waals surface area contributed by atoms with E-state index < -0.39 is 0 Å². The van der Waals surface area contributed by atoms with Crippen molar-refractivity contribution in [1.82, 2.24) is 0 Å². The molecule has 0 N–H and O–H groups in total. The molecule has 82 valence electrons. The molecular weight excluding hydrogens is 366 g/mol. The highest BCUT2D eigenvalue weighted by Gasteiger charge is 2.19. The van der Waals surface area contributed by atoms with E-state index in [9.17, 15) is 0 Å². The van der Waals surface area contributed by atoms with Crippen LogP contribution in [0, 0.1) is 0 Å². The normalized spacial score (nSPS) is 11.0. The van der Waals surface area contributed by atoms with Crippen molar-refractivity contribution in [2.24, 2.45) is 0 Å². The summed E-state index contributed by atoms with van der Waals surface area (Å²) in [4.78, 5) is 0. The van der Waals surface area contributed by atoms with Gasteiger partial charge < -0.3 is 0 Å². The summed E-state index contributed by atoms with van der Waals surface area (Å²) in [6, 6.07) is 21.4. The Bertz CT molecular complexity index is 392. The monoisotopic (exact) mass is 374 g/mol. The summed E-state index contributed by atoms with van der Waals surface area (Å²) < 4.78 is 0. The molecule has 2 aromatic carbocycles. The van der Waals surface area contributed by atoms with Gasteiger partial charge in [-0.15, -0.1) is 0 Å². The first-order valence-electron chi connectivity index (χ1n) is 4.81. The molecule has 2 rings (SSSR count). The van der Waals surface area contributed by atoms with Crippen LogP contribution in [0.2, 0.25) is 0 Å². The van der Waals surface area contributed by atoms with E-state index in [1.54, 1.807) is 0 Å². The highest BCUT2D eigenvalue weighted by atomic mass is 79.9.